The molecule has 1 heterocycles. The van der Waals surface area contributed by atoms with E-state index in [1.54, 1.807) is 12.4 Å². The first-order valence-electron chi connectivity index (χ1n) is 3.48. The topological polar surface area (TPSA) is 51.8 Å². The van der Waals surface area contributed by atoms with Gasteiger partial charge in [-0.1, -0.05) is 0 Å². The van der Waals surface area contributed by atoms with E-state index in [0.717, 1.165) is 22.2 Å². The van der Waals surface area contributed by atoms with Gasteiger partial charge in [-0.25, -0.2) is 9.97 Å². The van der Waals surface area contributed by atoms with Gasteiger partial charge in [0.05, 0.1) is 5.54 Å². The number of halogens is 1. The van der Waals surface area contributed by atoms with Gasteiger partial charge in [0.25, 0.3) is 0 Å². The summed E-state index contributed by atoms with van der Waals surface area (Å²) in [6.07, 6.45) is 5.65. The summed E-state index contributed by atoms with van der Waals surface area (Å²) in [5.41, 5.74) is 5.70. The molecule has 0 unspecified atom stereocenters. The number of aromatic nitrogens is 2. The Bertz CT molecular complexity index is 266. The minimum atomic E-state index is -0.190. The fourth-order valence-electron chi connectivity index (χ4n) is 0.928. The van der Waals surface area contributed by atoms with Crippen molar-refractivity contribution in [3.63, 3.8) is 0 Å². The zero-order valence-electron chi connectivity index (χ0n) is 5.92. The van der Waals surface area contributed by atoms with Crippen molar-refractivity contribution < 1.29 is 0 Å². The molecule has 0 radical (unpaired) electrons. The monoisotopic (exact) mass is 261 g/mol. The summed E-state index contributed by atoms with van der Waals surface area (Å²) in [5, 5.41) is 0. The number of rotatable bonds is 1. The Labute approximate surface area is 78.6 Å². The molecule has 0 aromatic carbocycles. The van der Waals surface area contributed by atoms with E-state index in [4.69, 9.17) is 5.73 Å². The van der Waals surface area contributed by atoms with Gasteiger partial charge >= 0.3 is 0 Å². The van der Waals surface area contributed by atoms with E-state index in [9.17, 15) is 0 Å². The van der Waals surface area contributed by atoms with E-state index in [2.05, 4.69) is 32.6 Å². The zero-order chi connectivity index (χ0) is 7.90. The molecule has 58 valence electrons. The van der Waals surface area contributed by atoms with Crippen LogP contribution in [0, 0.1) is 3.57 Å². The minimum absolute atomic E-state index is 0.190. The van der Waals surface area contributed by atoms with Gasteiger partial charge in [0.15, 0.2) is 0 Å². The molecule has 1 aliphatic rings. The summed E-state index contributed by atoms with van der Waals surface area (Å²) in [6, 6.07) is 0. The molecular weight excluding hydrogens is 253 g/mol. The van der Waals surface area contributed by atoms with Crippen molar-refractivity contribution in [3.05, 3.63) is 21.8 Å². The molecule has 0 aliphatic heterocycles. The second-order valence-electron chi connectivity index (χ2n) is 2.88. The molecule has 1 saturated carbocycles. The van der Waals surface area contributed by atoms with E-state index in [0.29, 0.717) is 0 Å². The van der Waals surface area contributed by atoms with E-state index >= 15 is 0 Å². The minimum Gasteiger partial charge on any atom is -0.319 e. The van der Waals surface area contributed by atoms with Gasteiger partial charge in [-0.3, -0.25) is 0 Å². The summed E-state index contributed by atoms with van der Waals surface area (Å²) in [4.78, 5) is 8.34. The highest BCUT2D eigenvalue weighted by Crippen LogP contribution is 2.40. The molecule has 1 aromatic heterocycles. The summed E-state index contributed by atoms with van der Waals surface area (Å²) in [6.45, 7) is 0. The number of nitrogens with two attached hydrogens (primary N) is 1. The van der Waals surface area contributed by atoms with Crippen molar-refractivity contribution in [2.45, 2.75) is 18.4 Å². The van der Waals surface area contributed by atoms with Crippen LogP contribution in [-0.2, 0) is 5.54 Å². The first-order valence-corrected chi connectivity index (χ1v) is 4.55. The lowest BCUT2D eigenvalue weighted by atomic mass is 10.3. The predicted octanol–water partition coefficient (Wildman–Crippen LogP) is 1.03. The lowest BCUT2D eigenvalue weighted by Crippen LogP contribution is -2.21. The van der Waals surface area contributed by atoms with Crippen molar-refractivity contribution in [2.24, 2.45) is 5.73 Å². The van der Waals surface area contributed by atoms with Gasteiger partial charge in [-0.15, -0.1) is 0 Å². The third-order valence-corrected chi connectivity index (χ3v) is 2.41. The van der Waals surface area contributed by atoms with E-state index in [1.807, 2.05) is 0 Å². The zero-order valence-corrected chi connectivity index (χ0v) is 8.08. The second kappa shape index (κ2) is 2.38. The fraction of sp³-hybridized carbons (Fsp3) is 0.429. The fourth-order valence-corrected chi connectivity index (χ4v) is 1.21. The molecule has 0 saturated heterocycles. The van der Waals surface area contributed by atoms with Crippen LogP contribution in [0.5, 0.6) is 0 Å². The average Bonchev–Trinajstić information content (AvgIpc) is 2.70. The highest BCUT2D eigenvalue weighted by Gasteiger charge is 2.42. The first kappa shape index (κ1) is 7.42. The molecule has 1 fully saturated rings. The summed E-state index contributed by atoms with van der Waals surface area (Å²) in [5.74, 6) is 0.790. The molecular formula is C7H8IN3. The predicted molar refractivity (Wildman–Crippen MR) is 49.8 cm³/mol. The van der Waals surface area contributed by atoms with Gasteiger partial charge in [0, 0.05) is 16.0 Å². The smallest absolute Gasteiger partial charge is 0.148 e. The Morgan fingerprint density at radius 3 is 2.36 bits per heavy atom. The Kier molecular flexibility index (Phi) is 1.61. The van der Waals surface area contributed by atoms with Crippen LogP contribution in [0.15, 0.2) is 12.4 Å². The third-order valence-electron chi connectivity index (χ3n) is 1.85. The molecule has 3 nitrogen and oxygen atoms in total. The maximum atomic E-state index is 5.89. The van der Waals surface area contributed by atoms with Crippen LogP contribution in [0.3, 0.4) is 0 Å². The van der Waals surface area contributed by atoms with Gasteiger partial charge in [0.1, 0.15) is 5.82 Å². The standard InChI is InChI=1S/C7H8IN3/c8-5-3-10-6(11-4-5)7(9)1-2-7/h3-4H,1-2,9H2. The highest BCUT2D eigenvalue weighted by atomic mass is 127. The molecule has 1 aliphatic carbocycles. The molecule has 11 heavy (non-hydrogen) atoms. The molecule has 4 heteroatoms. The first-order chi connectivity index (χ1) is 5.21. The third kappa shape index (κ3) is 1.37. The van der Waals surface area contributed by atoms with Crippen LogP contribution in [0.25, 0.3) is 0 Å². The van der Waals surface area contributed by atoms with Crippen LogP contribution in [-0.4, -0.2) is 9.97 Å². The normalized spacial score (nSPS) is 19.8. The quantitative estimate of drug-likeness (QED) is 0.768. The molecule has 0 atom stereocenters. The molecule has 0 bridgehead atoms. The van der Waals surface area contributed by atoms with E-state index < -0.39 is 0 Å². The van der Waals surface area contributed by atoms with Gasteiger partial charge < -0.3 is 5.73 Å². The Morgan fingerprint density at radius 1 is 1.36 bits per heavy atom. The molecule has 2 rings (SSSR count). The lowest BCUT2D eigenvalue weighted by molar-refractivity contribution is 0.670. The largest absolute Gasteiger partial charge is 0.319 e. The molecule has 0 spiro atoms. The van der Waals surface area contributed by atoms with Crippen molar-refractivity contribution >= 4 is 22.6 Å². The van der Waals surface area contributed by atoms with Crippen LogP contribution >= 0.6 is 22.6 Å². The summed E-state index contributed by atoms with van der Waals surface area (Å²) in [7, 11) is 0. The highest BCUT2D eigenvalue weighted by molar-refractivity contribution is 14.1. The van der Waals surface area contributed by atoms with E-state index in [-0.39, 0.29) is 5.54 Å². The van der Waals surface area contributed by atoms with Crippen molar-refractivity contribution in [1.82, 2.24) is 9.97 Å². The van der Waals surface area contributed by atoms with Crippen LogP contribution < -0.4 is 5.73 Å². The van der Waals surface area contributed by atoms with Gasteiger partial charge in [-0.2, -0.15) is 0 Å². The SMILES string of the molecule is NC1(c2ncc(I)cn2)CC1. The molecule has 1 aromatic rings. The lowest BCUT2D eigenvalue weighted by Gasteiger charge is -2.04. The summed E-state index contributed by atoms with van der Waals surface area (Å²) >= 11 is 2.18. The Hall–Kier alpha value is -0.230. The number of hydrogen-bond donors (Lipinski definition) is 1. The average molecular weight is 261 g/mol. The van der Waals surface area contributed by atoms with Crippen LogP contribution in [0.4, 0.5) is 0 Å². The summed E-state index contributed by atoms with van der Waals surface area (Å²) < 4.78 is 1.05. The van der Waals surface area contributed by atoms with Crippen molar-refractivity contribution in [1.29, 1.82) is 0 Å². The van der Waals surface area contributed by atoms with E-state index in [1.165, 1.54) is 0 Å². The number of hydrogen-bond acceptors (Lipinski definition) is 3. The van der Waals surface area contributed by atoms with Crippen LogP contribution in [0.2, 0.25) is 0 Å². The maximum absolute atomic E-state index is 5.89. The number of nitrogens with zero attached hydrogens (tertiary/aromatic N) is 2. The maximum Gasteiger partial charge on any atom is 0.148 e. The van der Waals surface area contributed by atoms with Crippen molar-refractivity contribution in [2.75, 3.05) is 0 Å². The Balaban J connectivity index is 2.33. The van der Waals surface area contributed by atoms with Gasteiger partial charge in [-0.05, 0) is 35.4 Å². The van der Waals surface area contributed by atoms with Gasteiger partial charge in [0.2, 0.25) is 0 Å². The molecule has 0 amide bonds. The second-order valence-corrected chi connectivity index (χ2v) is 4.13. The van der Waals surface area contributed by atoms with Crippen molar-refractivity contribution in [3.8, 4) is 0 Å². The Morgan fingerprint density at radius 2 is 1.91 bits per heavy atom. The molecule has 2 N–H and O–H groups in total. The van der Waals surface area contributed by atoms with Crippen LogP contribution in [0.1, 0.15) is 18.7 Å².